The highest BCUT2D eigenvalue weighted by molar-refractivity contribution is 14.0. The van der Waals surface area contributed by atoms with Crippen molar-refractivity contribution in [3.8, 4) is 5.75 Å². The Hall–Kier alpha value is -1.85. The molecule has 2 heterocycles. The smallest absolute Gasteiger partial charge is 0.191 e. The predicted molar refractivity (Wildman–Crippen MR) is 144 cm³/mol. The summed E-state index contributed by atoms with van der Waals surface area (Å²) in [5.74, 6) is 1.67. The van der Waals surface area contributed by atoms with Gasteiger partial charge in [-0.05, 0) is 30.5 Å². The number of aliphatic imine (C=N–C) groups is 1. The van der Waals surface area contributed by atoms with Gasteiger partial charge in [-0.3, -0.25) is 14.6 Å². The lowest BCUT2D eigenvalue weighted by Crippen LogP contribution is -2.46. The average molecular weight is 571 g/mol. The van der Waals surface area contributed by atoms with E-state index in [1.54, 1.807) is 7.11 Å². The van der Waals surface area contributed by atoms with E-state index >= 15 is 0 Å². The molecule has 2 aromatic rings. The van der Waals surface area contributed by atoms with Crippen molar-refractivity contribution in [3.63, 3.8) is 0 Å². The summed E-state index contributed by atoms with van der Waals surface area (Å²) in [7, 11) is 5.54. The molecule has 8 nitrogen and oxygen atoms in total. The number of hydrogen-bond donors (Lipinski definition) is 2. The third-order valence-corrected chi connectivity index (χ3v) is 6.13. The molecule has 1 aromatic heterocycles. The third kappa shape index (κ3) is 7.07. The van der Waals surface area contributed by atoms with Gasteiger partial charge in [0.25, 0.3) is 0 Å². The van der Waals surface area contributed by atoms with E-state index in [0.717, 1.165) is 63.1 Å². The molecular weight excluding hydrogens is 531 g/mol. The van der Waals surface area contributed by atoms with Crippen LogP contribution in [0, 0.1) is 0 Å². The predicted octanol–water partition coefficient (Wildman–Crippen LogP) is 2.91. The molecule has 184 valence electrons. The number of aromatic nitrogens is 2. The van der Waals surface area contributed by atoms with Gasteiger partial charge in [-0.15, -0.1) is 24.0 Å². The first kappa shape index (κ1) is 27.4. The number of guanidine groups is 1. The van der Waals surface area contributed by atoms with Gasteiger partial charge in [0.05, 0.1) is 32.1 Å². The monoisotopic (exact) mass is 570 g/mol. The number of ether oxygens (including phenoxy) is 2. The van der Waals surface area contributed by atoms with Crippen molar-refractivity contribution < 1.29 is 9.47 Å². The molecule has 1 atom stereocenters. The molecule has 0 aliphatic carbocycles. The SMILES string of the molecule is CCc1nn(C)c(CC)c1CNC(=NC)NCC(c1ccc(OC)cc1)N1CCOCC1.I. The molecule has 0 saturated carbocycles. The number of nitrogens with one attached hydrogen (secondary N) is 2. The molecule has 33 heavy (non-hydrogen) atoms. The average Bonchev–Trinajstić information content (AvgIpc) is 3.16. The Morgan fingerprint density at radius 1 is 1.15 bits per heavy atom. The maximum Gasteiger partial charge on any atom is 0.191 e. The summed E-state index contributed by atoms with van der Waals surface area (Å²) in [5, 5.41) is 11.7. The fourth-order valence-corrected chi connectivity index (χ4v) is 4.35. The van der Waals surface area contributed by atoms with E-state index in [9.17, 15) is 0 Å². The van der Waals surface area contributed by atoms with Gasteiger partial charge < -0.3 is 20.1 Å². The molecule has 3 rings (SSSR count). The molecule has 0 amide bonds. The number of hydrogen-bond acceptors (Lipinski definition) is 5. The van der Waals surface area contributed by atoms with Crippen LogP contribution in [0.25, 0.3) is 0 Å². The van der Waals surface area contributed by atoms with E-state index in [-0.39, 0.29) is 30.0 Å². The fraction of sp³-hybridized carbons (Fsp3) is 0.583. The van der Waals surface area contributed by atoms with E-state index in [4.69, 9.17) is 9.47 Å². The highest BCUT2D eigenvalue weighted by atomic mass is 127. The van der Waals surface area contributed by atoms with Gasteiger partial charge in [0, 0.05) is 51.5 Å². The van der Waals surface area contributed by atoms with Crippen LogP contribution in [0.4, 0.5) is 0 Å². The van der Waals surface area contributed by atoms with Crippen LogP contribution in [-0.2, 0) is 31.2 Å². The lowest BCUT2D eigenvalue weighted by Gasteiger charge is -2.35. The number of halogens is 1. The van der Waals surface area contributed by atoms with Crippen molar-refractivity contribution in [2.24, 2.45) is 12.0 Å². The number of rotatable bonds is 9. The summed E-state index contributed by atoms with van der Waals surface area (Å²) in [6, 6.07) is 8.56. The minimum atomic E-state index is 0. The van der Waals surface area contributed by atoms with Crippen LogP contribution >= 0.6 is 24.0 Å². The molecule has 2 N–H and O–H groups in total. The van der Waals surface area contributed by atoms with Crippen LogP contribution in [0.1, 0.15) is 42.4 Å². The minimum absolute atomic E-state index is 0. The summed E-state index contributed by atoms with van der Waals surface area (Å²) < 4.78 is 12.9. The summed E-state index contributed by atoms with van der Waals surface area (Å²) in [6.45, 7) is 9.15. The molecule has 0 radical (unpaired) electrons. The van der Waals surface area contributed by atoms with Crippen LogP contribution < -0.4 is 15.4 Å². The van der Waals surface area contributed by atoms with E-state index in [0.29, 0.717) is 6.54 Å². The first-order valence-electron chi connectivity index (χ1n) is 11.5. The zero-order valence-electron chi connectivity index (χ0n) is 20.6. The molecule has 1 saturated heterocycles. The van der Waals surface area contributed by atoms with Gasteiger partial charge in [0.15, 0.2) is 5.96 Å². The van der Waals surface area contributed by atoms with Crippen LogP contribution in [0.2, 0.25) is 0 Å². The van der Waals surface area contributed by atoms with Crippen molar-refractivity contribution in [1.29, 1.82) is 0 Å². The van der Waals surface area contributed by atoms with Gasteiger partial charge >= 0.3 is 0 Å². The van der Waals surface area contributed by atoms with Gasteiger partial charge in [-0.25, -0.2) is 0 Å². The van der Waals surface area contributed by atoms with Gasteiger partial charge in [0.2, 0.25) is 0 Å². The van der Waals surface area contributed by atoms with Crippen molar-refractivity contribution in [3.05, 3.63) is 46.8 Å². The zero-order chi connectivity index (χ0) is 22.9. The Balaban J connectivity index is 0.00000385. The van der Waals surface area contributed by atoms with E-state index in [1.165, 1.54) is 16.8 Å². The van der Waals surface area contributed by atoms with E-state index in [1.807, 2.05) is 30.9 Å². The summed E-state index contributed by atoms with van der Waals surface area (Å²) in [6.07, 6.45) is 1.89. The Morgan fingerprint density at radius 2 is 1.85 bits per heavy atom. The second-order valence-corrected chi connectivity index (χ2v) is 7.95. The number of aryl methyl sites for hydroxylation is 2. The van der Waals surface area contributed by atoms with Crippen LogP contribution in [0.3, 0.4) is 0 Å². The van der Waals surface area contributed by atoms with Crippen LogP contribution in [0.5, 0.6) is 5.75 Å². The number of nitrogens with zero attached hydrogens (tertiary/aromatic N) is 4. The van der Waals surface area contributed by atoms with Crippen molar-refractivity contribution in [2.45, 2.75) is 39.3 Å². The lowest BCUT2D eigenvalue weighted by molar-refractivity contribution is 0.0170. The van der Waals surface area contributed by atoms with Crippen molar-refractivity contribution in [1.82, 2.24) is 25.3 Å². The Labute approximate surface area is 215 Å². The van der Waals surface area contributed by atoms with Crippen molar-refractivity contribution in [2.75, 3.05) is 47.0 Å². The largest absolute Gasteiger partial charge is 0.497 e. The Morgan fingerprint density at radius 3 is 2.42 bits per heavy atom. The summed E-state index contributed by atoms with van der Waals surface area (Å²) >= 11 is 0. The Kier molecular flexibility index (Phi) is 11.4. The second-order valence-electron chi connectivity index (χ2n) is 7.95. The third-order valence-electron chi connectivity index (χ3n) is 6.13. The summed E-state index contributed by atoms with van der Waals surface area (Å²) in [4.78, 5) is 6.93. The van der Waals surface area contributed by atoms with Gasteiger partial charge in [0.1, 0.15) is 5.75 Å². The molecule has 1 aromatic carbocycles. The van der Waals surface area contributed by atoms with Crippen LogP contribution in [-0.4, -0.2) is 67.6 Å². The number of benzene rings is 1. The molecule has 1 unspecified atom stereocenters. The number of methoxy groups -OCH3 is 1. The highest BCUT2D eigenvalue weighted by Crippen LogP contribution is 2.23. The molecule has 9 heteroatoms. The van der Waals surface area contributed by atoms with Crippen LogP contribution in [0.15, 0.2) is 29.3 Å². The van der Waals surface area contributed by atoms with Gasteiger partial charge in [-0.1, -0.05) is 26.0 Å². The number of morpholine rings is 1. The minimum Gasteiger partial charge on any atom is -0.497 e. The maximum absolute atomic E-state index is 5.58. The molecule has 1 aliphatic heterocycles. The van der Waals surface area contributed by atoms with E-state index in [2.05, 4.69) is 51.6 Å². The zero-order valence-corrected chi connectivity index (χ0v) is 22.9. The molecule has 1 fully saturated rings. The quantitative estimate of drug-likeness (QED) is 0.275. The molecule has 0 spiro atoms. The Bertz CT molecular complexity index is 878. The first-order chi connectivity index (χ1) is 15.6. The van der Waals surface area contributed by atoms with Crippen molar-refractivity contribution >= 4 is 29.9 Å². The summed E-state index contributed by atoms with van der Waals surface area (Å²) in [5.41, 5.74) is 4.95. The maximum atomic E-state index is 5.58. The first-order valence-corrected chi connectivity index (χ1v) is 11.5. The lowest BCUT2D eigenvalue weighted by atomic mass is 10.0. The molecule has 1 aliphatic rings. The normalized spacial score (nSPS) is 15.6. The highest BCUT2D eigenvalue weighted by Gasteiger charge is 2.23. The van der Waals surface area contributed by atoms with Gasteiger partial charge in [-0.2, -0.15) is 5.10 Å². The topological polar surface area (TPSA) is 75.9 Å². The molecular formula is C24H39IN6O2. The second kappa shape index (κ2) is 13.8. The molecule has 0 bridgehead atoms. The standard InChI is InChI=1S/C24H38N6O2.HI/c1-6-21-20(22(7-2)29(4)28-21)16-26-24(25-3)27-17-23(30-12-14-32-15-13-30)18-8-10-19(31-5)11-9-18;/h8-11,23H,6-7,12-17H2,1-5H3,(H2,25,26,27);1H. The van der Waals surface area contributed by atoms with E-state index < -0.39 is 0 Å². The fourth-order valence-electron chi connectivity index (χ4n) is 4.35.